The van der Waals surface area contributed by atoms with Gasteiger partial charge in [0.25, 0.3) is 0 Å². The fourth-order valence-corrected chi connectivity index (χ4v) is 2.00. The fraction of sp³-hybridized carbons (Fsp3) is 0.692. The second-order valence-electron chi connectivity index (χ2n) is 4.90. The average molecular weight is 235 g/mol. The molecule has 94 valence electrons. The number of hydrogen-bond acceptors (Lipinski definition) is 2. The van der Waals surface area contributed by atoms with Gasteiger partial charge in [0, 0.05) is 18.7 Å². The van der Waals surface area contributed by atoms with Crippen LogP contribution < -0.4 is 5.32 Å². The summed E-state index contributed by atoms with van der Waals surface area (Å²) in [6.07, 6.45) is 8.07. The van der Waals surface area contributed by atoms with E-state index in [-0.39, 0.29) is 11.8 Å². The number of carbonyl (C=O) groups is 1. The monoisotopic (exact) mass is 235 g/mol. The molecule has 1 fully saturated rings. The zero-order chi connectivity index (χ0) is 12.3. The van der Waals surface area contributed by atoms with Crippen molar-refractivity contribution >= 4 is 11.6 Å². The molecule has 0 bridgehead atoms. The Bertz CT molecular complexity index is 378. The van der Waals surface area contributed by atoms with Gasteiger partial charge in [-0.25, -0.2) is 0 Å². The molecule has 1 saturated carbocycles. The van der Waals surface area contributed by atoms with E-state index >= 15 is 0 Å². The summed E-state index contributed by atoms with van der Waals surface area (Å²) >= 11 is 0. The van der Waals surface area contributed by atoms with Crippen LogP contribution in [0.1, 0.15) is 39.5 Å². The number of carbonyl (C=O) groups excluding carboxylic acids is 1. The van der Waals surface area contributed by atoms with E-state index in [1.54, 1.807) is 6.20 Å². The molecule has 4 heteroatoms. The molecule has 1 heterocycles. The summed E-state index contributed by atoms with van der Waals surface area (Å²) in [5.74, 6) is 1.03. The second-order valence-corrected chi connectivity index (χ2v) is 4.90. The number of nitrogens with one attached hydrogen (secondary N) is 1. The predicted molar refractivity (Wildman–Crippen MR) is 67.7 cm³/mol. The van der Waals surface area contributed by atoms with E-state index in [9.17, 15) is 4.79 Å². The van der Waals surface area contributed by atoms with E-state index in [0.29, 0.717) is 0 Å². The summed E-state index contributed by atoms with van der Waals surface area (Å²) < 4.78 is 1.93. The van der Waals surface area contributed by atoms with Crippen LogP contribution in [-0.2, 0) is 11.3 Å². The summed E-state index contributed by atoms with van der Waals surface area (Å²) in [6, 6.07) is 0. The Hall–Kier alpha value is -1.32. The van der Waals surface area contributed by atoms with Crippen LogP contribution in [0.5, 0.6) is 0 Å². The lowest BCUT2D eigenvalue weighted by Gasteiger charge is -2.10. The van der Waals surface area contributed by atoms with Crippen LogP contribution in [0.15, 0.2) is 12.4 Å². The van der Waals surface area contributed by atoms with E-state index in [2.05, 4.69) is 10.4 Å². The van der Waals surface area contributed by atoms with Crippen molar-refractivity contribution in [1.82, 2.24) is 9.78 Å². The van der Waals surface area contributed by atoms with Crippen LogP contribution in [0.3, 0.4) is 0 Å². The first-order valence-electron chi connectivity index (χ1n) is 6.56. The molecule has 0 aliphatic heterocycles. The van der Waals surface area contributed by atoms with E-state index in [4.69, 9.17) is 0 Å². The SMILES string of the molecule is CCC(CC)C(=O)Nc1cnn(CC2CC2)c1. The first-order valence-corrected chi connectivity index (χ1v) is 6.56. The molecule has 1 aromatic rings. The summed E-state index contributed by atoms with van der Waals surface area (Å²) in [5, 5.41) is 7.20. The van der Waals surface area contributed by atoms with Crippen molar-refractivity contribution in [3.8, 4) is 0 Å². The van der Waals surface area contributed by atoms with Crippen LogP contribution in [0.25, 0.3) is 0 Å². The van der Waals surface area contributed by atoms with Gasteiger partial charge < -0.3 is 5.32 Å². The van der Waals surface area contributed by atoms with E-state index in [1.807, 2.05) is 24.7 Å². The Labute approximate surface area is 102 Å². The highest BCUT2D eigenvalue weighted by atomic mass is 16.1. The van der Waals surface area contributed by atoms with Gasteiger partial charge in [0.15, 0.2) is 0 Å². The van der Waals surface area contributed by atoms with Crippen LogP contribution >= 0.6 is 0 Å². The van der Waals surface area contributed by atoms with Gasteiger partial charge in [0.2, 0.25) is 5.91 Å². The third-order valence-electron chi connectivity index (χ3n) is 3.40. The third kappa shape index (κ3) is 3.32. The van der Waals surface area contributed by atoms with Gasteiger partial charge in [-0.05, 0) is 31.6 Å². The standard InChI is InChI=1S/C13H21N3O/c1-3-11(4-2)13(17)15-12-7-14-16(9-12)8-10-5-6-10/h7,9-11H,3-6,8H2,1-2H3,(H,15,17). The maximum Gasteiger partial charge on any atom is 0.227 e. The molecule has 0 atom stereocenters. The van der Waals surface area contributed by atoms with Crippen molar-refractivity contribution in [3.63, 3.8) is 0 Å². The molecule has 0 spiro atoms. The zero-order valence-corrected chi connectivity index (χ0v) is 10.6. The number of nitrogens with zero attached hydrogens (tertiary/aromatic N) is 2. The third-order valence-corrected chi connectivity index (χ3v) is 3.40. The van der Waals surface area contributed by atoms with Gasteiger partial charge in [-0.2, -0.15) is 5.10 Å². The Morgan fingerprint density at radius 2 is 2.24 bits per heavy atom. The molecule has 0 radical (unpaired) electrons. The highest BCUT2D eigenvalue weighted by molar-refractivity contribution is 5.92. The van der Waals surface area contributed by atoms with Gasteiger partial charge in [-0.15, -0.1) is 0 Å². The van der Waals surface area contributed by atoms with Gasteiger partial charge >= 0.3 is 0 Å². The van der Waals surface area contributed by atoms with E-state index < -0.39 is 0 Å². The first-order chi connectivity index (χ1) is 8.22. The van der Waals surface area contributed by atoms with Gasteiger partial charge in [-0.1, -0.05) is 13.8 Å². The minimum atomic E-state index is 0.112. The topological polar surface area (TPSA) is 46.9 Å². The molecule has 1 amide bonds. The molecule has 4 nitrogen and oxygen atoms in total. The second kappa shape index (κ2) is 5.34. The lowest BCUT2D eigenvalue weighted by molar-refractivity contribution is -0.120. The van der Waals surface area contributed by atoms with E-state index in [0.717, 1.165) is 31.0 Å². The zero-order valence-electron chi connectivity index (χ0n) is 10.6. The van der Waals surface area contributed by atoms with Crippen LogP contribution in [-0.4, -0.2) is 15.7 Å². The number of anilines is 1. The summed E-state index contributed by atoms with van der Waals surface area (Å²) in [6.45, 7) is 5.08. The van der Waals surface area contributed by atoms with E-state index in [1.165, 1.54) is 12.8 Å². The predicted octanol–water partition coefficient (Wildman–Crippen LogP) is 2.67. The Morgan fingerprint density at radius 3 is 2.82 bits per heavy atom. The average Bonchev–Trinajstić information content (AvgIpc) is 3.01. The Balaban J connectivity index is 1.88. The molecule has 17 heavy (non-hydrogen) atoms. The molecule has 1 N–H and O–H groups in total. The largest absolute Gasteiger partial charge is 0.323 e. The maximum atomic E-state index is 11.9. The highest BCUT2D eigenvalue weighted by Gasteiger charge is 2.22. The number of amides is 1. The lowest BCUT2D eigenvalue weighted by Crippen LogP contribution is -2.21. The normalized spacial score (nSPS) is 15.2. The molecule has 1 aliphatic rings. The summed E-state index contributed by atoms with van der Waals surface area (Å²) in [5.41, 5.74) is 0.822. The van der Waals surface area contributed by atoms with Crippen LogP contribution in [0.4, 0.5) is 5.69 Å². The first kappa shape index (κ1) is 12.1. The molecule has 1 aromatic heterocycles. The summed E-state index contributed by atoms with van der Waals surface area (Å²) in [4.78, 5) is 11.9. The van der Waals surface area contributed by atoms with Gasteiger partial charge in [-0.3, -0.25) is 9.48 Å². The molecule has 2 rings (SSSR count). The molecule has 0 unspecified atom stereocenters. The van der Waals surface area contributed by atoms with Crippen molar-refractivity contribution in [2.75, 3.05) is 5.32 Å². The van der Waals surface area contributed by atoms with Crippen molar-refractivity contribution in [1.29, 1.82) is 0 Å². The molecular formula is C13H21N3O. The maximum absolute atomic E-state index is 11.9. The highest BCUT2D eigenvalue weighted by Crippen LogP contribution is 2.30. The minimum absolute atomic E-state index is 0.112. The minimum Gasteiger partial charge on any atom is -0.323 e. The number of rotatable bonds is 6. The van der Waals surface area contributed by atoms with Gasteiger partial charge in [0.05, 0.1) is 11.9 Å². The number of aromatic nitrogens is 2. The fourth-order valence-electron chi connectivity index (χ4n) is 2.00. The van der Waals surface area contributed by atoms with Crippen molar-refractivity contribution < 1.29 is 4.79 Å². The van der Waals surface area contributed by atoms with Crippen LogP contribution in [0.2, 0.25) is 0 Å². The van der Waals surface area contributed by atoms with Crippen molar-refractivity contribution in [2.24, 2.45) is 11.8 Å². The molecule has 1 aliphatic carbocycles. The smallest absolute Gasteiger partial charge is 0.227 e. The number of hydrogen-bond donors (Lipinski definition) is 1. The summed E-state index contributed by atoms with van der Waals surface area (Å²) in [7, 11) is 0. The Kier molecular flexibility index (Phi) is 3.82. The molecule has 0 aromatic carbocycles. The lowest BCUT2D eigenvalue weighted by atomic mass is 10.0. The Morgan fingerprint density at radius 1 is 1.53 bits per heavy atom. The van der Waals surface area contributed by atoms with Gasteiger partial charge in [0.1, 0.15) is 0 Å². The quantitative estimate of drug-likeness (QED) is 0.824. The van der Waals surface area contributed by atoms with Crippen molar-refractivity contribution in [2.45, 2.75) is 46.1 Å². The molecule has 0 saturated heterocycles. The molecular weight excluding hydrogens is 214 g/mol. The van der Waals surface area contributed by atoms with Crippen LogP contribution in [0, 0.1) is 11.8 Å². The van der Waals surface area contributed by atoms with Crippen molar-refractivity contribution in [3.05, 3.63) is 12.4 Å².